The van der Waals surface area contributed by atoms with Crippen LogP contribution in [0.5, 0.6) is 5.75 Å². The number of hydrogen-bond donors (Lipinski definition) is 2. The number of carbonyl (C=O) groups excluding carboxylic acids is 1. The minimum Gasteiger partial charge on any atom is -0.496 e. The second-order valence-electron chi connectivity index (χ2n) is 5.95. The molecule has 0 radical (unpaired) electrons. The van der Waals surface area contributed by atoms with Crippen LogP contribution >= 0.6 is 11.6 Å². The van der Waals surface area contributed by atoms with Crippen LogP contribution in [0.2, 0.25) is 5.02 Å². The number of carbonyl (C=O) groups is 1. The second-order valence-corrected chi connectivity index (χ2v) is 6.39. The summed E-state index contributed by atoms with van der Waals surface area (Å²) >= 11 is 5.85. The highest BCUT2D eigenvalue weighted by molar-refractivity contribution is 6.30. The Kier molecular flexibility index (Phi) is 6.28. The van der Waals surface area contributed by atoms with Crippen LogP contribution in [0, 0.1) is 0 Å². The summed E-state index contributed by atoms with van der Waals surface area (Å²) in [5.74, 6) is 1.22. The average molecular weight is 382 g/mol. The van der Waals surface area contributed by atoms with E-state index in [2.05, 4.69) is 15.6 Å². The first kappa shape index (κ1) is 18.7. The molecule has 6 heteroatoms. The first-order valence-electron chi connectivity index (χ1n) is 8.50. The maximum Gasteiger partial charge on any atom is 0.229 e. The minimum atomic E-state index is -0.125. The van der Waals surface area contributed by atoms with Crippen LogP contribution in [0.15, 0.2) is 66.9 Å². The van der Waals surface area contributed by atoms with Crippen LogP contribution in [0.4, 0.5) is 11.5 Å². The number of rotatable bonds is 7. The molecule has 5 nitrogen and oxygen atoms in total. The summed E-state index contributed by atoms with van der Waals surface area (Å²) in [4.78, 5) is 16.4. The summed E-state index contributed by atoms with van der Waals surface area (Å²) in [6.07, 6.45) is 1.96. The number of para-hydroxylation sites is 1. The maximum atomic E-state index is 12.1. The normalized spacial score (nSPS) is 10.3. The predicted molar refractivity (Wildman–Crippen MR) is 108 cm³/mol. The molecule has 0 unspecified atom stereocenters. The average Bonchev–Trinajstić information content (AvgIpc) is 2.69. The van der Waals surface area contributed by atoms with E-state index >= 15 is 0 Å². The molecule has 1 aromatic heterocycles. The molecule has 27 heavy (non-hydrogen) atoms. The predicted octanol–water partition coefficient (Wildman–Crippen LogP) is 4.54. The van der Waals surface area contributed by atoms with E-state index in [1.807, 2.05) is 42.5 Å². The lowest BCUT2D eigenvalue weighted by molar-refractivity contribution is -0.115. The Balaban J connectivity index is 1.53. The van der Waals surface area contributed by atoms with Gasteiger partial charge in [0.05, 0.1) is 25.4 Å². The lowest BCUT2D eigenvalue weighted by Gasteiger charge is -2.11. The molecule has 0 saturated heterocycles. The molecular formula is C21H20ClN3O2. The van der Waals surface area contributed by atoms with Crippen molar-refractivity contribution >= 4 is 29.0 Å². The first-order chi connectivity index (χ1) is 13.1. The van der Waals surface area contributed by atoms with Gasteiger partial charge in [0.2, 0.25) is 5.91 Å². The minimum absolute atomic E-state index is 0.125. The Morgan fingerprint density at radius 1 is 1.07 bits per heavy atom. The fraction of sp³-hybridized carbons (Fsp3) is 0.143. The molecule has 2 aromatic carbocycles. The third kappa shape index (κ3) is 5.46. The quantitative estimate of drug-likeness (QED) is 0.630. The molecule has 0 bridgehead atoms. The van der Waals surface area contributed by atoms with Crippen LogP contribution in [0.3, 0.4) is 0 Å². The molecule has 138 valence electrons. The lowest BCUT2D eigenvalue weighted by Crippen LogP contribution is -2.15. The van der Waals surface area contributed by atoms with Crippen molar-refractivity contribution in [3.8, 4) is 5.75 Å². The van der Waals surface area contributed by atoms with Gasteiger partial charge in [-0.3, -0.25) is 4.79 Å². The van der Waals surface area contributed by atoms with Gasteiger partial charge in [0, 0.05) is 17.1 Å². The second kappa shape index (κ2) is 9.05. The van der Waals surface area contributed by atoms with Gasteiger partial charge in [0.1, 0.15) is 11.6 Å². The number of methoxy groups -OCH3 is 1. The van der Waals surface area contributed by atoms with E-state index in [9.17, 15) is 4.79 Å². The van der Waals surface area contributed by atoms with Gasteiger partial charge in [-0.25, -0.2) is 4.98 Å². The number of pyridine rings is 1. The summed E-state index contributed by atoms with van der Waals surface area (Å²) in [7, 11) is 1.65. The van der Waals surface area contributed by atoms with Crippen molar-refractivity contribution in [3.05, 3.63) is 83.0 Å². The van der Waals surface area contributed by atoms with E-state index in [1.165, 1.54) is 0 Å². The molecule has 2 N–H and O–H groups in total. The Morgan fingerprint density at radius 3 is 2.56 bits per heavy atom. The van der Waals surface area contributed by atoms with Crippen molar-refractivity contribution in [2.75, 3.05) is 17.7 Å². The van der Waals surface area contributed by atoms with E-state index in [1.54, 1.807) is 31.5 Å². The van der Waals surface area contributed by atoms with Gasteiger partial charge < -0.3 is 15.4 Å². The standard InChI is InChI=1S/C21H20ClN3O2/c1-27-19-5-3-2-4-16(19)13-23-18-10-11-20(24-14-18)25-21(26)12-15-6-8-17(22)9-7-15/h2-11,14,23H,12-13H2,1H3,(H,24,25,26). The highest BCUT2D eigenvalue weighted by Crippen LogP contribution is 2.19. The molecule has 0 aliphatic heterocycles. The molecule has 0 fully saturated rings. The number of amides is 1. The lowest BCUT2D eigenvalue weighted by atomic mass is 10.1. The van der Waals surface area contributed by atoms with Crippen molar-refractivity contribution in [1.82, 2.24) is 4.98 Å². The van der Waals surface area contributed by atoms with Crippen molar-refractivity contribution in [1.29, 1.82) is 0 Å². The van der Waals surface area contributed by atoms with Gasteiger partial charge >= 0.3 is 0 Å². The van der Waals surface area contributed by atoms with Crippen LogP contribution in [0.1, 0.15) is 11.1 Å². The van der Waals surface area contributed by atoms with E-state index in [-0.39, 0.29) is 12.3 Å². The number of hydrogen-bond acceptors (Lipinski definition) is 4. The third-order valence-corrected chi connectivity index (χ3v) is 4.24. The molecule has 0 atom stereocenters. The molecule has 1 heterocycles. The fourth-order valence-electron chi connectivity index (χ4n) is 2.59. The topological polar surface area (TPSA) is 63.2 Å². The van der Waals surface area contributed by atoms with Crippen molar-refractivity contribution in [2.45, 2.75) is 13.0 Å². The number of halogens is 1. The van der Waals surface area contributed by atoms with E-state index < -0.39 is 0 Å². The largest absolute Gasteiger partial charge is 0.496 e. The summed E-state index contributed by atoms with van der Waals surface area (Å²) in [5, 5.41) is 6.74. The zero-order chi connectivity index (χ0) is 19.1. The Bertz CT molecular complexity index is 896. The molecule has 0 spiro atoms. The zero-order valence-corrected chi connectivity index (χ0v) is 15.7. The molecule has 0 saturated carbocycles. The molecule has 0 aliphatic carbocycles. The summed E-state index contributed by atoms with van der Waals surface area (Å²) < 4.78 is 5.34. The van der Waals surface area contributed by atoms with Gasteiger partial charge in [-0.2, -0.15) is 0 Å². The highest BCUT2D eigenvalue weighted by Gasteiger charge is 2.06. The Hall–Kier alpha value is -3.05. The fourth-order valence-corrected chi connectivity index (χ4v) is 2.72. The molecule has 1 amide bonds. The first-order valence-corrected chi connectivity index (χ1v) is 8.88. The number of anilines is 2. The molecule has 3 rings (SSSR count). The van der Waals surface area contributed by atoms with Gasteiger partial charge in [-0.05, 0) is 35.9 Å². The van der Waals surface area contributed by atoms with Crippen LogP contribution < -0.4 is 15.4 Å². The third-order valence-electron chi connectivity index (χ3n) is 3.98. The van der Waals surface area contributed by atoms with Gasteiger partial charge in [0.25, 0.3) is 0 Å². The zero-order valence-electron chi connectivity index (χ0n) is 14.9. The number of benzene rings is 2. The summed E-state index contributed by atoms with van der Waals surface area (Å²) in [6, 6.07) is 18.7. The number of nitrogens with zero attached hydrogens (tertiary/aromatic N) is 1. The van der Waals surface area contributed by atoms with Crippen LogP contribution in [-0.2, 0) is 17.8 Å². The van der Waals surface area contributed by atoms with Gasteiger partial charge in [-0.15, -0.1) is 0 Å². The number of ether oxygens (including phenoxy) is 1. The van der Waals surface area contributed by atoms with E-state index in [4.69, 9.17) is 16.3 Å². The summed E-state index contributed by atoms with van der Waals surface area (Å²) in [5.41, 5.74) is 2.81. The van der Waals surface area contributed by atoms with Crippen LogP contribution in [-0.4, -0.2) is 18.0 Å². The Labute approximate surface area is 163 Å². The van der Waals surface area contributed by atoms with Crippen molar-refractivity contribution < 1.29 is 9.53 Å². The molecular weight excluding hydrogens is 362 g/mol. The van der Waals surface area contributed by atoms with Crippen molar-refractivity contribution in [3.63, 3.8) is 0 Å². The highest BCUT2D eigenvalue weighted by atomic mass is 35.5. The van der Waals surface area contributed by atoms with E-state index in [0.717, 1.165) is 22.6 Å². The van der Waals surface area contributed by atoms with Crippen molar-refractivity contribution in [2.24, 2.45) is 0 Å². The van der Waals surface area contributed by atoms with Gasteiger partial charge in [-0.1, -0.05) is 41.9 Å². The number of aromatic nitrogens is 1. The number of nitrogens with one attached hydrogen (secondary N) is 2. The monoisotopic (exact) mass is 381 g/mol. The summed E-state index contributed by atoms with van der Waals surface area (Å²) in [6.45, 7) is 0.619. The molecule has 3 aromatic rings. The SMILES string of the molecule is COc1ccccc1CNc1ccc(NC(=O)Cc2ccc(Cl)cc2)nc1. The smallest absolute Gasteiger partial charge is 0.229 e. The maximum absolute atomic E-state index is 12.1. The van der Waals surface area contributed by atoms with Crippen LogP contribution in [0.25, 0.3) is 0 Å². The Morgan fingerprint density at radius 2 is 1.85 bits per heavy atom. The van der Waals surface area contributed by atoms with E-state index in [0.29, 0.717) is 17.4 Å². The molecule has 0 aliphatic rings. The van der Waals surface area contributed by atoms with Gasteiger partial charge in [0.15, 0.2) is 0 Å².